The SMILES string of the molecule is Clc1ccnc(OC2C[C@H]3CC[C@@H](C2)C3)c1. The number of rotatable bonds is 2. The van der Waals surface area contributed by atoms with Crippen LogP contribution in [0.15, 0.2) is 18.3 Å². The van der Waals surface area contributed by atoms with Crippen molar-refractivity contribution < 1.29 is 4.74 Å². The average molecular weight is 238 g/mol. The first-order valence-corrected chi connectivity index (χ1v) is 6.45. The minimum Gasteiger partial charge on any atom is -0.474 e. The van der Waals surface area contributed by atoms with E-state index >= 15 is 0 Å². The van der Waals surface area contributed by atoms with Gasteiger partial charge in [0.25, 0.3) is 0 Å². The molecule has 0 aliphatic heterocycles. The molecule has 0 spiro atoms. The summed E-state index contributed by atoms with van der Waals surface area (Å²) in [6.07, 6.45) is 8.67. The Kier molecular flexibility index (Phi) is 2.76. The molecule has 2 nitrogen and oxygen atoms in total. The van der Waals surface area contributed by atoms with E-state index in [4.69, 9.17) is 16.3 Å². The summed E-state index contributed by atoms with van der Waals surface area (Å²) in [6.45, 7) is 0. The van der Waals surface area contributed by atoms with Crippen LogP contribution in [0.5, 0.6) is 5.88 Å². The van der Waals surface area contributed by atoms with Gasteiger partial charge in [0, 0.05) is 17.3 Å². The zero-order valence-electron chi connectivity index (χ0n) is 9.23. The van der Waals surface area contributed by atoms with Crippen molar-refractivity contribution in [1.82, 2.24) is 4.98 Å². The molecule has 0 radical (unpaired) electrons. The lowest BCUT2D eigenvalue weighted by molar-refractivity contribution is 0.114. The lowest BCUT2D eigenvalue weighted by atomic mass is 9.87. The molecule has 2 saturated carbocycles. The summed E-state index contributed by atoms with van der Waals surface area (Å²) in [7, 11) is 0. The lowest BCUT2D eigenvalue weighted by Crippen LogP contribution is -2.26. The molecule has 2 fully saturated rings. The van der Waals surface area contributed by atoms with E-state index in [1.165, 1.54) is 32.1 Å². The highest BCUT2D eigenvalue weighted by molar-refractivity contribution is 6.30. The van der Waals surface area contributed by atoms with Crippen LogP contribution in [0.25, 0.3) is 0 Å². The Morgan fingerprint density at radius 1 is 1.19 bits per heavy atom. The fourth-order valence-corrected chi connectivity index (χ4v) is 3.31. The number of pyridine rings is 1. The number of halogens is 1. The predicted molar refractivity (Wildman–Crippen MR) is 63.7 cm³/mol. The van der Waals surface area contributed by atoms with Crippen molar-refractivity contribution in [2.24, 2.45) is 11.8 Å². The van der Waals surface area contributed by atoms with Crippen molar-refractivity contribution in [3.05, 3.63) is 23.4 Å². The van der Waals surface area contributed by atoms with Crippen LogP contribution >= 0.6 is 11.6 Å². The van der Waals surface area contributed by atoms with Gasteiger partial charge < -0.3 is 4.74 Å². The molecule has 0 N–H and O–H groups in total. The first kappa shape index (κ1) is 10.4. The minimum atomic E-state index is 0.359. The molecule has 2 aliphatic rings. The number of fused-ring (bicyclic) bond motifs is 2. The van der Waals surface area contributed by atoms with Crippen LogP contribution in [0, 0.1) is 11.8 Å². The molecule has 1 aromatic heterocycles. The van der Waals surface area contributed by atoms with Crippen LogP contribution in [0.1, 0.15) is 32.1 Å². The third-order valence-electron chi connectivity index (χ3n) is 3.83. The quantitative estimate of drug-likeness (QED) is 0.783. The van der Waals surface area contributed by atoms with E-state index in [0.717, 1.165) is 11.8 Å². The van der Waals surface area contributed by atoms with E-state index in [2.05, 4.69) is 4.98 Å². The maximum atomic E-state index is 5.92. The molecule has 86 valence electrons. The Morgan fingerprint density at radius 3 is 2.62 bits per heavy atom. The van der Waals surface area contributed by atoms with Crippen molar-refractivity contribution in [3.63, 3.8) is 0 Å². The number of nitrogens with zero attached hydrogens (tertiary/aromatic N) is 1. The standard InChI is InChI=1S/C13H16ClNO/c14-11-3-4-15-13(8-11)16-12-6-9-1-2-10(5-9)7-12/h3-4,8-10,12H,1-2,5-7H2/t9-,10+,12?. The van der Waals surface area contributed by atoms with Gasteiger partial charge in [0.2, 0.25) is 5.88 Å². The first-order valence-electron chi connectivity index (χ1n) is 6.08. The number of hydrogen-bond acceptors (Lipinski definition) is 2. The van der Waals surface area contributed by atoms with E-state index in [0.29, 0.717) is 17.0 Å². The van der Waals surface area contributed by atoms with Gasteiger partial charge >= 0.3 is 0 Å². The molecule has 1 aromatic rings. The summed E-state index contributed by atoms with van der Waals surface area (Å²) < 4.78 is 5.92. The molecule has 2 aliphatic carbocycles. The summed E-state index contributed by atoms with van der Waals surface area (Å²) in [5.74, 6) is 2.46. The highest BCUT2D eigenvalue weighted by atomic mass is 35.5. The molecule has 3 heteroatoms. The summed E-state index contributed by atoms with van der Waals surface area (Å²) >= 11 is 5.91. The van der Waals surface area contributed by atoms with Crippen molar-refractivity contribution in [3.8, 4) is 5.88 Å². The second-order valence-corrected chi connectivity index (χ2v) is 5.51. The zero-order valence-corrected chi connectivity index (χ0v) is 9.99. The Labute approximate surface area is 101 Å². The Balaban J connectivity index is 1.67. The third-order valence-corrected chi connectivity index (χ3v) is 4.06. The maximum Gasteiger partial charge on any atom is 0.214 e. The van der Waals surface area contributed by atoms with Crippen LogP contribution < -0.4 is 4.74 Å². The summed E-state index contributed by atoms with van der Waals surface area (Å²) in [6, 6.07) is 3.58. The fraction of sp³-hybridized carbons (Fsp3) is 0.615. The van der Waals surface area contributed by atoms with Gasteiger partial charge in [-0.25, -0.2) is 4.98 Å². The average Bonchev–Trinajstić information content (AvgIpc) is 2.58. The fourth-order valence-electron chi connectivity index (χ4n) is 3.16. The Bertz CT molecular complexity index is 370. The number of hydrogen-bond donors (Lipinski definition) is 0. The van der Waals surface area contributed by atoms with Crippen molar-refractivity contribution in [2.75, 3.05) is 0 Å². The second kappa shape index (κ2) is 4.25. The molecule has 3 rings (SSSR count). The van der Waals surface area contributed by atoms with Crippen LogP contribution in [0.4, 0.5) is 0 Å². The Hall–Kier alpha value is -0.760. The number of ether oxygens (including phenoxy) is 1. The number of aromatic nitrogens is 1. The molecule has 1 heterocycles. The molecule has 0 saturated heterocycles. The molecule has 16 heavy (non-hydrogen) atoms. The first-order chi connectivity index (χ1) is 7.79. The smallest absolute Gasteiger partial charge is 0.214 e. The van der Waals surface area contributed by atoms with Crippen LogP contribution in [0.2, 0.25) is 5.02 Å². The largest absolute Gasteiger partial charge is 0.474 e. The van der Waals surface area contributed by atoms with Gasteiger partial charge in [0.05, 0.1) is 0 Å². The summed E-state index contributed by atoms with van der Waals surface area (Å²) in [5.41, 5.74) is 0. The van der Waals surface area contributed by atoms with E-state index in [9.17, 15) is 0 Å². The molecule has 0 amide bonds. The van der Waals surface area contributed by atoms with Gasteiger partial charge in [-0.15, -0.1) is 0 Å². The van der Waals surface area contributed by atoms with Crippen LogP contribution in [-0.2, 0) is 0 Å². The molecule has 3 atom stereocenters. The van der Waals surface area contributed by atoms with Gasteiger partial charge in [-0.05, 0) is 37.2 Å². The van der Waals surface area contributed by atoms with Crippen molar-refractivity contribution in [2.45, 2.75) is 38.2 Å². The van der Waals surface area contributed by atoms with E-state index < -0.39 is 0 Å². The van der Waals surface area contributed by atoms with Crippen molar-refractivity contribution >= 4 is 11.6 Å². The second-order valence-electron chi connectivity index (χ2n) is 5.07. The molecular weight excluding hydrogens is 222 g/mol. The summed E-state index contributed by atoms with van der Waals surface area (Å²) in [5, 5.41) is 0.698. The van der Waals surface area contributed by atoms with Crippen molar-refractivity contribution in [1.29, 1.82) is 0 Å². The summed E-state index contributed by atoms with van der Waals surface area (Å²) in [4.78, 5) is 4.20. The predicted octanol–water partition coefficient (Wildman–Crippen LogP) is 3.69. The minimum absolute atomic E-state index is 0.359. The van der Waals surface area contributed by atoms with Gasteiger partial charge in [-0.2, -0.15) is 0 Å². The van der Waals surface area contributed by atoms with Gasteiger partial charge in [-0.3, -0.25) is 0 Å². The molecular formula is C13H16ClNO. The topological polar surface area (TPSA) is 22.1 Å². The van der Waals surface area contributed by atoms with Gasteiger partial charge in [0.15, 0.2) is 0 Å². The highest BCUT2D eigenvalue weighted by Gasteiger charge is 2.35. The third kappa shape index (κ3) is 2.17. The normalized spacial score (nSPS) is 32.7. The molecule has 0 aromatic carbocycles. The Morgan fingerprint density at radius 2 is 1.94 bits per heavy atom. The van der Waals surface area contributed by atoms with Gasteiger partial charge in [0.1, 0.15) is 6.10 Å². The van der Waals surface area contributed by atoms with Crippen LogP contribution in [0.3, 0.4) is 0 Å². The van der Waals surface area contributed by atoms with E-state index in [1.807, 2.05) is 0 Å². The molecule has 1 unspecified atom stereocenters. The maximum absolute atomic E-state index is 5.92. The molecule has 2 bridgehead atoms. The monoisotopic (exact) mass is 237 g/mol. The highest BCUT2D eigenvalue weighted by Crippen LogP contribution is 2.42. The van der Waals surface area contributed by atoms with Crippen LogP contribution in [-0.4, -0.2) is 11.1 Å². The zero-order chi connectivity index (χ0) is 11.0. The lowest BCUT2D eigenvalue weighted by Gasteiger charge is -2.27. The van der Waals surface area contributed by atoms with E-state index in [-0.39, 0.29) is 0 Å². The van der Waals surface area contributed by atoms with E-state index in [1.54, 1.807) is 18.3 Å². The van der Waals surface area contributed by atoms with Gasteiger partial charge in [-0.1, -0.05) is 24.4 Å².